The number of benzene rings is 1. The van der Waals surface area contributed by atoms with Crippen molar-refractivity contribution in [3.8, 4) is 22.6 Å². The minimum Gasteiger partial charge on any atom is -0.339 e. The molecule has 0 saturated carbocycles. The molecule has 32 heavy (non-hydrogen) atoms. The number of amides is 1. The van der Waals surface area contributed by atoms with Crippen molar-refractivity contribution in [1.82, 2.24) is 19.4 Å². The van der Waals surface area contributed by atoms with Crippen LogP contribution in [-0.2, 0) is 13.5 Å². The number of piperidine rings is 1. The van der Waals surface area contributed by atoms with Crippen LogP contribution in [0.4, 0.5) is 0 Å². The number of pyridine rings is 1. The van der Waals surface area contributed by atoms with Gasteiger partial charge in [0.1, 0.15) is 5.82 Å². The van der Waals surface area contributed by atoms with Gasteiger partial charge in [0.15, 0.2) is 0 Å². The lowest BCUT2D eigenvalue weighted by atomic mass is 10.1. The van der Waals surface area contributed by atoms with Crippen LogP contribution in [0.25, 0.3) is 22.6 Å². The molecule has 1 aliphatic rings. The summed E-state index contributed by atoms with van der Waals surface area (Å²) in [5, 5.41) is 0.522. The van der Waals surface area contributed by atoms with Crippen LogP contribution in [-0.4, -0.2) is 38.4 Å². The molecule has 4 rings (SSSR count). The largest absolute Gasteiger partial charge is 0.339 e. The predicted molar refractivity (Wildman–Crippen MR) is 133 cm³/mol. The first-order chi connectivity index (χ1) is 15.3. The monoisotopic (exact) mass is 514 g/mol. The van der Waals surface area contributed by atoms with Crippen molar-refractivity contribution in [2.75, 3.05) is 13.1 Å². The molecular formula is C25H28BrClN4O. The quantitative estimate of drug-likeness (QED) is 0.396. The van der Waals surface area contributed by atoms with Crippen molar-refractivity contribution in [3.63, 3.8) is 0 Å². The number of aromatic nitrogens is 3. The third kappa shape index (κ3) is 4.91. The molecule has 0 spiro atoms. The SMILES string of the molecule is CC(C)Cc1cc(-c2nc(-c3cc(Br)c(C(=O)N4CCCCC4)cc3Cl)cn2C)ccn1. The van der Waals surface area contributed by atoms with Crippen molar-refractivity contribution in [2.45, 2.75) is 39.5 Å². The highest BCUT2D eigenvalue weighted by Crippen LogP contribution is 2.35. The maximum absolute atomic E-state index is 13.0. The first-order valence-electron chi connectivity index (χ1n) is 11.1. The zero-order valence-electron chi connectivity index (χ0n) is 18.7. The van der Waals surface area contributed by atoms with Crippen LogP contribution in [0.5, 0.6) is 0 Å². The summed E-state index contributed by atoms with van der Waals surface area (Å²) in [4.78, 5) is 24.3. The van der Waals surface area contributed by atoms with Gasteiger partial charge in [-0.3, -0.25) is 9.78 Å². The molecule has 1 saturated heterocycles. The molecule has 0 unspecified atom stereocenters. The van der Waals surface area contributed by atoms with E-state index in [4.69, 9.17) is 16.6 Å². The Kier molecular flexibility index (Phi) is 7.01. The lowest BCUT2D eigenvalue weighted by Crippen LogP contribution is -2.35. The molecule has 0 bridgehead atoms. The van der Waals surface area contributed by atoms with Gasteiger partial charge in [-0.15, -0.1) is 0 Å². The van der Waals surface area contributed by atoms with Crippen molar-refractivity contribution in [2.24, 2.45) is 13.0 Å². The van der Waals surface area contributed by atoms with Crippen molar-refractivity contribution in [1.29, 1.82) is 0 Å². The van der Waals surface area contributed by atoms with Gasteiger partial charge in [0, 0.05) is 53.8 Å². The lowest BCUT2D eigenvalue weighted by molar-refractivity contribution is 0.0723. The molecule has 7 heteroatoms. The first kappa shape index (κ1) is 23.0. The van der Waals surface area contributed by atoms with Crippen molar-refractivity contribution < 1.29 is 4.79 Å². The second-order valence-electron chi connectivity index (χ2n) is 8.86. The normalized spacial score (nSPS) is 14.2. The summed E-state index contributed by atoms with van der Waals surface area (Å²) in [7, 11) is 1.98. The van der Waals surface area contributed by atoms with Crippen molar-refractivity contribution >= 4 is 33.4 Å². The van der Waals surface area contributed by atoms with E-state index in [-0.39, 0.29) is 5.91 Å². The van der Waals surface area contributed by atoms with Gasteiger partial charge in [-0.2, -0.15) is 0 Å². The molecular weight excluding hydrogens is 488 g/mol. The molecule has 1 aromatic carbocycles. The number of carbonyl (C=O) groups excluding carboxylic acids is 1. The molecule has 5 nitrogen and oxygen atoms in total. The Labute approximate surface area is 203 Å². The van der Waals surface area contributed by atoms with E-state index in [0.717, 1.165) is 65.2 Å². The molecule has 0 N–H and O–H groups in total. The number of imidazole rings is 1. The molecule has 168 valence electrons. The smallest absolute Gasteiger partial charge is 0.255 e. The average molecular weight is 516 g/mol. The fourth-order valence-electron chi connectivity index (χ4n) is 4.19. The van der Waals surface area contributed by atoms with Gasteiger partial charge in [0.25, 0.3) is 5.91 Å². The van der Waals surface area contributed by atoms with E-state index in [1.54, 1.807) is 6.07 Å². The minimum atomic E-state index is 0.0289. The summed E-state index contributed by atoms with van der Waals surface area (Å²) in [6, 6.07) is 7.75. The summed E-state index contributed by atoms with van der Waals surface area (Å²) < 4.78 is 2.74. The Balaban J connectivity index is 1.65. The number of hydrogen-bond donors (Lipinski definition) is 0. The minimum absolute atomic E-state index is 0.0289. The van der Waals surface area contributed by atoms with Crippen LogP contribution < -0.4 is 0 Å². The standard InChI is InChI=1S/C25H28BrClN4O/c1-16(2)11-18-12-17(7-8-28-18)24-29-23(15-30(24)3)20-13-21(26)19(14-22(20)27)25(32)31-9-5-4-6-10-31/h7-8,12-16H,4-6,9-11H2,1-3H3. The Morgan fingerprint density at radius 2 is 1.94 bits per heavy atom. The first-order valence-corrected chi connectivity index (χ1v) is 12.3. The molecule has 0 atom stereocenters. The zero-order chi connectivity index (χ0) is 22.8. The average Bonchev–Trinajstić information content (AvgIpc) is 3.16. The summed E-state index contributed by atoms with van der Waals surface area (Å²) >= 11 is 10.3. The highest BCUT2D eigenvalue weighted by atomic mass is 79.9. The van der Waals surface area contributed by atoms with Gasteiger partial charge >= 0.3 is 0 Å². The second kappa shape index (κ2) is 9.75. The molecule has 1 amide bonds. The third-order valence-electron chi connectivity index (χ3n) is 5.77. The molecule has 3 aromatic rings. The lowest BCUT2D eigenvalue weighted by Gasteiger charge is -2.27. The molecule has 1 aliphatic heterocycles. The molecule has 0 aliphatic carbocycles. The van der Waals surface area contributed by atoms with Gasteiger partial charge in [-0.25, -0.2) is 4.98 Å². The number of hydrogen-bond acceptors (Lipinski definition) is 3. The zero-order valence-corrected chi connectivity index (χ0v) is 21.1. The molecule has 3 heterocycles. The Bertz CT molecular complexity index is 1130. The number of nitrogens with zero attached hydrogens (tertiary/aromatic N) is 4. The maximum atomic E-state index is 13.0. The van der Waals surface area contributed by atoms with E-state index < -0.39 is 0 Å². The summed E-state index contributed by atoms with van der Waals surface area (Å²) in [6.07, 6.45) is 8.03. The Morgan fingerprint density at radius 3 is 2.66 bits per heavy atom. The van der Waals surface area contributed by atoms with E-state index in [2.05, 4.69) is 40.8 Å². The maximum Gasteiger partial charge on any atom is 0.255 e. The predicted octanol–water partition coefficient (Wildman–Crippen LogP) is 6.39. The molecule has 0 radical (unpaired) electrons. The summed E-state index contributed by atoms with van der Waals surface area (Å²) in [5.41, 5.74) is 4.25. The van der Waals surface area contributed by atoms with Gasteiger partial charge in [0.05, 0.1) is 16.3 Å². The number of carbonyl (C=O) groups is 1. The van der Waals surface area contributed by atoms with Crippen LogP contribution in [0.15, 0.2) is 41.1 Å². The van der Waals surface area contributed by atoms with Gasteiger partial charge in [0.2, 0.25) is 0 Å². The van der Waals surface area contributed by atoms with Crippen LogP contribution in [0.1, 0.15) is 49.2 Å². The van der Waals surface area contributed by atoms with Crippen molar-refractivity contribution in [3.05, 3.63) is 57.4 Å². The molecule has 2 aromatic heterocycles. The van der Waals surface area contributed by atoms with E-state index >= 15 is 0 Å². The van der Waals surface area contributed by atoms with Crippen LogP contribution in [0, 0.1) is 5.92 Å². The fourth-order valence-corrected chi connectivity index (χ4v) is 4.96. The topological polar surface area (TPSA) is 51.0 Å². The Hall–Kier alpha value is -2.18. The number of rotatable bonds is 5. The summed E-state index contributed by atoms with van der Waals surface area (Å²) in [6.45, 7) is 5.98. The highest BCUT2D eigenvalue weighted by molar-refractivity contribution is 9.10. The highest BCUT2D eigenvalue weighted by Gasteiger charge is 2.22. The van der Waals surface area contributed by atoms with E-state index in [0.29, 0.717) is 16.5 Å². The van der Waals surface area contributed by atoms with Gasteiger partial charge < -0.3 is 9.47 Å². The number of halogens is 2. The Morgan fingerprint density at radius 1 is 1.19 bits per heavy atom. The fraction of sp³-hybridized carbons (Fsp3) is 0.400. The number of aryl methyl sites for hydroxylation is 1. The van der Waals surface area contributed by atoms with Gasteiger partial charge in [-0.05, 0) is 71.8 Å². The van der Waals surface area contributed by atoms with Crippen LogP contribution >= 0.6 is 27.5 Å². The van der Waals surface area contributed by atoms with Crippen LogP contribution in [0.2, 0.25) is 5.02 Å². The second-order valence-corrected chi connectivity index (χ2v) is 10.1. The number of likely N-dealkylation sites (tertiary alicyclic amines) is 1. The summed E-state index contributed by atoms with van der Waals surface area (Å²) in [5.74, 6) is 1.42. The van der Waals surface area contributed by atoms with E-state index in [1.807, 2.05) is 41.0 Å². The van der Waals surface area contributed by atoms with Crippen LogP contribution in [0.3, 0.4) is 0 Å². The van der Waals surface area contributed by atoms with E-state index in [1.165, 1.54) is 6.42 Å². The van der Waals surface area contributed by atoms with E-state index in [9.17, 15) is 4.79 Å². The molecule has 1 fully saturated rings. The van der Waals surface area contributed by atoms with Gasteiger partial charge in [-0.1, -0.05) is 25.4 Å². The third-order valence-corrected chi connectivity index (χ3v) is 6.74.